The van der Waals surface area contributed by atoms with Crippen molar-refractivity contribution in [1.29, 1.82) is 0 Å². The summed E-state index contributed by atoms with van der Waals surface area (Å²) in [5.41, 5.74) is 2.45. The van der Waals surface area contributed by atoms with E-state index in [0.29, 0.717) is 5.69 Å². The van der Waals surface area contributed by atoms with Gasteiger partial charge < -0.3 is 9.14 Å². The third-order valence-electron chi connectivity index (χ3n) is 3.29. The van der Waals surface area contributed by atoms with Crippen molar-refractivity contribution in [2.75, 3.05) is 0 Å². The summed E-state index contributed by atoms with van der Waals surface area (Å²) >= 11 is 0. The highest BCUT2D eigenvalue weighted by Crippen LogP contribution is 2.15. The van der Waals surface area contributed by atoms with Crippen molar-refractivity contribution < 1.29 is 14.5 Å². The number of carbonyl (C=O) groups excluding carboxylic acids is 1. The Kier molecular flexibility index (Phi) is 3.76. The van der Waals surface area contributed by atoms with E-state index < -0.39 is 10.9 Å². The van der Waals surface area contributed by atoms with Crippen LogP contribution in [0.4, 0.5) is 5.69 Å². The monoisotopic (exact) mass is 311 g/mol. The molecular formula is C16H13N3O4. The van der Waals surface area contributed by atoms with E-state index >= 15 is 0 Å². The Morgan fingerprint density at radius 1 is 1.30 bits per heavy atom. The van der Waals surface area contributed by atoms with Crippen LogP contribution in [-0.4, -0.2) is 20.3 Å². The van der Waals surface area contributed by atoms with Crippen LogP contribution in [0.5, 0.6) is 0 Å². The molecule has 0 spiro atoms. The summed E-state index contributed by atoms with van der Waals surface area (Å²) in [6.07, 6.45) is 3.71. The van der Waals surface area contributed by atoms with E-state index in [1.54, 1.807) is 6.20 Å². The Bertz CT molecular complexity index is 901. The van der Waals surface area contributed by atoms with E-state index in [9.17, 15) is 14.9 Å². The number of hydrogen-bond acceptors (Lipinski definition) is 5. The van der Waals surface area contributed by atoms with E-state index in [1.807, 2.05) is 29.7 Å². The van der Waals surface area contributed by atoms with Crippen LogP contribution in [-0.2, 0) is 11.3 Å². The van der Waals surface area contributed by atoms with Gasteiger partial charge in [0.1, 0.15) is 12.3 Å². The minimum Gasteiger partial charge on any atom is -0.456 e. The van der Waals surface area contributed by atoms with Gasteiger partial charge in [0.2, 0.25) is 0 Å². The average molecular weight is 311 g/mol. The van der Waals surface area contributed by atoms with Crippen LogP contribution < -0.4 is 0 Å². The molecule has 116 valence electrons. The second-order valence-corrected chi connectivity index (χ2v) is 5.09. The highest BCUT2D eigenvalue weighted by atomic mass is 16.6. The van der Waals surface area contributed by atoms with Gasteiger partial charge in [-0.3, -0.25) is 10.1 Å². The highest BCUT2D eigenvalue weighted by molar-refractivity contribution is 5.90. The molecule has 23 heavy (non-hydrogen) atoms. The van der Waals surface area contributed by atoms with Crippen molar-refractivity contribution in [2.24, 2.45) is 0 Å². The van der Waals surface area contributed by atoms with E-state index in [0.717, 1.165) is 11.2 Å². The third-order valence-corrected chi connectivity index (χ3v) is 3.29. The van der Waals surface area contributed by atoms with Gasteiger partial charge in [-0.25, -0.2) is 9.78 Å². The summed E-state index contributed by atoms with van der Waals surface area (Å²) in [6, 6.07) is 9.25. The molecule has 7 heteroatoms. The lowest BCUT2D eigenvalue weighted by atomic mass is 10.2. The number of non-ortho nitro benzene ring substituents is 1. The van der Waals surface area contributed by atoms with Gasteiger partial charge in [-0.05, 0) is 24.6 Å². The second-order valence-electron chi connectivity index (χ2n) is 5.09. The lowest BCUT2D eigenvalue weighted by Gasteiger charge is -2.02. The molecule has 0 fully saturated rings. The summed E-state index contributed by atoms with van der Waals surface area (Å²) in [7, 11) is 0. The lowest BCUT2D eigenvalue weighted by molar-refractivity contribution is -0.384. The molecule has 0 aliphatic heterocycles. The highest BCUT2D eigenvalue weighted by Gasteiger charge is 2.13. The Balaban J connectivity index is 1.72. The normalized spacial score (nSPS) is 10.7. The summed E-state index contributed by atoms with van der Waals surface area (Å²) in [5.74, 6) is -0.623. The Hall–Kier alpha value is -3.22. The fraction of sp³-hybridized carbons (Fsp3) is 0.125. The summed E-state index contributed by atoms with van der Waals surface area (Å²) in [5, 5.41) is 10.7. The largest absolute Gasteiger partial charge is 0.456 e. The zero-order valence-electron chi connectivity index (χ0n) is 12.3. The van der Waals surface area contributed by atoms with Gasteiger partial charge in [0, 0.05) is 24.5 Å². The fourth-order valence-corrected chi connectivity index (χ4v) is 2.19. The molecule has 0 radical (unpaired) electrons. The van der Waals surface area contributed by atoms with Crippen molar-refractivity contribution in [2.45, 2.75) is 13.5 Å². The first-order valence-electron chi connectivity index (χ1n) is 6.89. The number of benzene rings is 1. The first-order valence-corrected chi connectivity index (χ1v) is 6.89. The van der Waals surface area contributed by atoms with Crippen molar-refractivity contribution in [3.05, 3.63) is 75.7 Å². The Labute approximate surface area is 131 Å². The van der Waals surface area contributed by atoms with Crippen LogP contribution in [0.25, 0.3) is 5.65 Å². The zero-order chi connectivity index (χ0) is 16.4. The number of rotatable bonds is 4. The smallest absolute Gasteiger partial charge is 0.338 e. The van der Waals surface area contributed by atoms with E-state index in [4.69, 9.17) is 4.74 Å². The lowest BCUT2D eigenvalue weighted by Crippen LogP contribution is -2.05. The number of esters is 1. The van der Waals surface area contributed by atoms with Crippen molar-refractivity contribution >= 4 is 17.3 Å². The first kappa shape index (κ1) is 14.7. The van der Waals surface area contributed by atoms with E-state index in [2.05, 4.69) is 4.98 Å². The van der Waals surface area contributed by atoms with Gasteiger partial charge in [-0.2, -0.15) is 0 Å². The molecule has 1 aromatic carbocycles. The number of aromatic nitrogens is 2. The van der Waals surface area contributed by atoms with Crippen molar-refractivity contribution in [3.63, 3.8) is 0 Å². The molecule has 3 aromatic rings. The molecule has 0 amide bonds. The maximum atomic E-state index is 12.0. The summed E-state index contributed by atoms with van der Waals surface area (Å²) in [6.45, 7) is 1.98. The van der Waals surface area contributed by atoms with Gasteiger partial charge in [0.05, 0.1) is 16.2 Å². The predicted molar refractivity (Wildman–Crippen MR) is 82.1 cm³/mol. The zero-order valence-corrected chi connectivity index (χ0v) is 12.3. The predicted octanol–water partition coefficient (Wildman–Crippen LogP) is 2.91. The van der Waals surface area contributed by atoms with Gasteiger partial charge in [-0.15, -0.1) is 0 Å². The molecule has 0 aliphatic rings. The van der Waals surface area contributed by atoms with Crippen LogP contribution in [0.3, 0.4) is 0 Å². The topological polar surface area (TPSA) is 86.7 Å². The summed E-state index contributed by atoms with van der Waals surface area (Å²) < 4.78 is 7.02. The number of imidazole rings is 1. The SMILES string of the molecule is Cc1ccc2nc(COC(=O)c3cccc([N+](=O)[O-])c3)cn2c1. The fourth-order valence-electron chi connectivity index (χ4n) is 2.19. The quantitative estimate of drug-likeness (QED) is 0.420. The molecule has 7 nitrogen and oxygen atoms in total. The molecule has 0 saturated carbocycles. The number of nitro groups is 1. The van der Waals surface area contributed by atoms with Crippen LogP contribution >= 0.6 is 0 Å². The van der Waals surface area contributed by atoms with E-state index in [1.165, 1.54) is 24.3 Å². The number of nitrogens with zero attached hydrogens (tertiary/aromatic N) is 3. The molecule has 2 heterocycles. The van der Waals surface area contributed by atoms with Gasteiger partial charge >= 0.3 is 5.97 Å². The first-order chi connectivity index (χ1) is 11.0. The maximum absolute atomic E-state index is 12.0. The number of aryl methyl sites for hydroxylation is 1. The minimum absolute atomic E-state index is 0.00223. The Morgan fingerprint density at radius 2 is 2.13 bits per heavy atom. The number of nitro benzene ring substituents is 1. The summed E-state index contributed by atoms with van der Waals surface area (Å²) in [4.78, 5) is 26.5. The second kappa shape index (κ2) is 5.88. The van der Waals surface area contributed by atoms with E-state index in [-0.39, 0.29) is 17.9 Å². The number of hydrogen-bond donors (Lipinski definition) is 0. The van der Waals surface area contributed by atoms with Crippen LogP contribution in [0, 0.1) is 17.0 Å². The number of fused-ring (bicyclic) bond motifs is 1. The standard InChI is InChI=1S/C16H13N3O4/c1-11-5-6-15-17-13(9-18(15)8-11)10-23-16(20)12-3-2-4-14(7-12)19(21)22/h2-9H,10H2,1H3. The molecule has 2 aromatic heterocycles. The number of pyridine rings is 1. The molecule has 3 rings (SSSR count). The molecule has 0 unspecified atom stereocenters. The Morgan fingerprint density at radius 3 is 2.91 bits per heavy atom. The molecular weight excluding hydrogens is 298 g/mol. The molecule has 0 saturated heterocycles. The number of ether oxygens (including phenoxy) is 1. The van der Waals surface area contributed by atoms with Crippen LogP contribution in [0.2, 0.25) is 0 Å². The number of carbonyl (C=O) groups is 1. The van der Waals surface area contributed by atoms with Crippen LogP contribution in [0.15, 0.2) is 48.8 Å². The van der Waals surface area contributed by atoms with Crippen LogP contribution in [0.1, 0.15) is 21.6 Å². The molecule has 0 bridgehead atoms. The van der Waals surface area contributed by atoms with Gasteiger partial charge in [0.25, 0.3) is 5.69 Å². The van der Waals surface area contributed by atoms with Gasteiger partial charge in [-0.1, -0.05) is 12.1 Å². The van der Waals surface area contributed by atoms with Crippen molar-refractivity contribution in [3.8, 4) is 0 Å². The molecule has 0 aliphatic carbocycles. The van der Waals surface area contributed by atoms with Crippen molar-refractivity contribution in [1.82, 2.24) is 9.38 Å². The maximum Gasteiger partial charge on any atom is 0.338 e. The molecule has 0 N–H and O–H groups in total. The van der Waals surface area contributed by atoms with Gasteiger partial charge in [0.15, 0.2) is 0 Å². The third kappa shape index (κ3) is 3.18. The average Bonchev–Trinajstić information content (AvgIpc) is 2.94. The minimum atomic E-state index is -0.623. The molecule has 0 atom stereocenters.